The van der Waals surface area contributed by atoms with E-state index in [4.69, 9.17) is 0 Å². The van der Waals surface area contributed by atoms with Gasteiger partial charge in [-0.1, -0.05) is 25.5 Å². The number of imidazole rings is 1. The highest BCUT2D eigenvalue weighted by Gasteiger charge is 2.08. The van der Waals surface area contributed by atoms with Crippen LogP contribution in [0.25, 0.3) is 5.65 Å². The van der Waals surface area contributed by atoms with Gasteiger partial charge in [-0.3, -0.25) is 4.40 Å². The molecule has 0 bridgehead atoms. The van der Waals surface area contributed by atoms with E-state index in [9.17, 15) is 4.39 Å². The molecular formula is C18H19FN4. The van der Waals surface area contributed by atoms with E-state index in [2.05, 4.69) is 34.3 Å². The van der Waals surface area contributed by atoms with Crippen LogP contribution in [-0.2, 0) is 6.42 Å². The minimum absolute atomic E-state index is 0.327. The molecule has 1 aromatic carbocycles. The molecule has 2 aromatic heterocycles. The second kappa shape index (κ2) is 6.69. The van der Waals surface area contributed by atoms with Crippen LogP contribution in [0.1, 0.15) is 31.0 Å². The molecule has 0 radical (unpaired) electrons. The molecular weight excluding hydrogens is 291 g/mol. The first-order valence-corrected chi connectivity index (χ1v) is 7.82. The molecule has 0 aliphatic heterocycles. The summed E-state index contributed by atoms with van der Waals surface area (Å²) in [6.07, 6.45) is 4.83. The normalized spacial score (nSPS) is 11.6. The standard InChI is InChI=1S/C18H19FN4/c1-3-4-5-14-6-9-16(10-7-14)21-22-18-13(2)20-17-11-8-15(19)12-23(17)18/h6-12H,3-5H2,1-2H3. The predicted molar refractivity (Wildman–Crippen MR) is 89.1 cm³/mol. The summed E-state index contributed by atoms with van der Waals surface area (Å²) in [7, 11) is 0. The van der Waals surface area contributed by atoms with Crippen LogP contribution in [-0.4, -0.2) is 9.38 Å². The summed E-state index contributed by atoms with van der Waals surface area (Å²) >= 11 is 0. The zero-order valence-corrected chi connectivity index (χ0v) is 13.3. The zero-order valence-electron chi connectivity index (χ0n) is 13.3. The number of aromatic nitrogens is 2. The summed E-state index contributed by atoms with van der Waals surface area (Å²) in [5, 5.41) is 8.51. The summed E-state index contributed by atoms with van der Waals surface area (Å²) in [5.41, 5.74) is 3.46. The van der Waals surface area contributed by atoms with E-state index < -0.39 is 0 Å². The molecule has 23 heavy (non-hydrogen) atoms. The van der Waals surface area contributed by atoms with Crippen LogP contribution in [0.15, 0.2) is 52.8 Å². The van der Waals surface area contributed by atoms with Gasteiger partial charge in [-0.2, -0.15) is 0 Å². The first kappa shape index (κ1) is 15.3. The molecule has 0 atom stereocenters. The van der Waals surface area contributed by atoms with Gasteiger partial charge in [-0.15, -0.1) is 10.2 Å². The van der Waals surface area contributed by atoms with Gasteiger partial charge in [-0.05, 0) is 49.6 Å². The minimum atomic E-state index is -0.327. The third kappa shape index (κ3) is 3.44. The number of pyridine rings is 1. The molecule has 3 aromatic rings. The summed E-state index contributed by atoms with van der Waals surface area (Å²) < 4.78 is 15.0. The molecule has 0 amide bonds. The van der Waals surface area contributed by atoms with Crippen molar-refractivity contribution < 1.29 is 4.39 Å². The van der Waals surface area contributed by atoms with Crippen molar-refractivity contribution in [3.63, 3.8) is 0 Å². The molecule has 0 saturated heterocycles. The van der Waals surface area contributed by atoms with Gasteiger partial charge >= 0.3 is 0 Å². The molecule has 2 heterocycles. The molecule has 0 spiro atoms. The number of unbranched alkanes of at least 4 members (excludes halogenated alkanes) is 1. The number of aryl methyl sites for hydroxylation is 2. The third-order valence-corrected chi connectivity index (χ3v) is 3.74. The monoisotopic (exact) mass is 310 g/mol. The van der Waals surface area contributed by atoms with Crippen molar-refractivity contribution in [2.24, 2.45) is 10.2 Å². The Balaban J connectivity index is 1.85. The smallest absolute Gasteiger partial charge is 0.182 e. The lowest BCUT2D eigenvalue weighted by Gasteiger charge is -2.00. The van der Waals surface area contributed by atoms with E-state index in [1.165, 1.54) is 30.7 Å². The van der Waals surface area contributed by atoms with Crippen molar-refractivity contribution >= 4 is 17.2 Å². The lowest BCUT2D eigenvalue weighted by Crippen LogP contribution is -1.85. The summed E-state index contributed by atoms with van der Waals surface area (Å²) in [4.78, 5) is 4.36. The van der Waals surface area contributed by atoms with E-state index in [1.807, 2.05) is 19.1 Å². The Morgan fingerprint density at radius 2 is 1.87 bits per heavy atom. The highest BCUT2D eigenvalue weighted by atomic mass is 19.1. The van der Waals surface area contributed by atoms with Gasteiger partial charge in [-0.25, -0.2) is 9.37 Å². The van der Waals surface area contributed by atoms with Crippen LogP contribution in [0.4, 0.5) is 15.9 Å². The fourth-order valence-corrected chi connectivity index (χ4v) is 2.46. The Hall–Kier alpha value is -2.56. The molecule has 118 valence electrons. The summed E-state index contributed by atoms with van der Waals surface area (Å²) in [6.45, 7) is 4.02. The SMILES string of the molecule is CCCCc1ccc(N=Nc2c(C)nc3ccc(F)cn23)cc1. The maximum Gasteiger partial charge on any atom is 0.182 e. The Kier molecular flexibility index (Phi) is 4.46. The molecule has 5 heteroatoms. The number of nitrogens with zero attached hydrogens (tertiary/aromatic N) is 4. The Bertz CT molecular complexity index is 834. The van der Waals surface area contributed by atoms with Crippen molar-refractivity contribution in [2.75, 3.05) is 0 Å². The lowest BCUT2D eigenvalue weighted by molar-refractivity contribution is 0.619. The highest BCUT2D eigenvalue weighted by molar-refractivity contribution is 5.51. The Morgan fingerprint density at radius 3 is 2.61 bits per heavy atom. The molecule has 4 nitrogen and oxygen atoms in total. The fraction of sp³-hybridized carbons (Fsp3) is 0.278. The van der Waals surface area contributed by atoms with Gasteiger partial charge < -0.3 is 0 Å². The minimum Gasteiger partial charge on any atom is -0.280 e. The van der Waals surface area contributed by atoms with Gasteiger partial charge in [0.1, 0.15) is 11.5 Å². The van der Waals surface area contributed by atoms with Crippen LogP contribution in [0.2, 0.25) is 0 Å². The first-order valence-electron chi connectivity index (χ1n) is 7.82. The number of benzene rings is 1. The summed E-state index contributed by atoms with van der Waals surface area (Å²) in [6, 6.07) is 11.1. The molecule has 3 rings (SSSR count). The van der Waals surface area contributed by atoms with Crippen molar-refractivity contribution in [1.82, 2.24) is 9.38 Å². The predicted octanol–water partition coefficient (Wildman–Crippen LogP) is 5.54. The highest BCUT2D eigenvalue weighted by Crippen LogP contribution is 2.24. The average molecular weight is 310 g/mol. The van der Waals surface area contributed by atoms with Crippen molar-refractivity contribution in [1.29, 1.82) is 0 Å². The van der Waals surface area contributed by atoms with E-state index in [0.29, 0.717) is 11.5 Å². The molecule has 0 fully saturated rings. The lowest BCUT2D eigenvalue weighted by atomic mass is 10.1. The van der Waals surface area contributed by atoms with Gasteiger partial charge in [0.05, 0.1) is 11.4 Å². The van der Waals surface area contributed by atoms with Crippen LogP contribution in [0.3, 0.4) is 0 Å². The maximum atomic E-state index is 13.4. The quantitative estimate of drug-likeness (QED) is 0.570. The maximum absolute atomic E-state index is 13.4. The Labute approximate surface area is 134 Å². The van der Waals surface area contributed by atoms with Crippen molar-refractivity contribution in [2.45, 2.75) is 33.1 Å². The number of azo groups is 1. The first-order chi connectivity index (χ1) is 11.2. The van der Waals surface area contributed by atoms with E-state index in [1.54, 1.807) is 10.5 Å². The van der Waals surface area contributed by atoms with Crippen molar-refractivity contribution in [3.05, 3.63) is 59.7 Å². The summed E-state index contributed by atoms with van der Waals surface area (Å²) in [5.74, 6) is 0.223. The van der Waals surface area contributed by atoms with Crippen LogP contribution < -0.4 is 0 Å². The third-order valence-electron chi connectivity index (χ3n) is 3.74. The van der Waals surface area contributed by atoms with E-state index in [0.717, 1.165) is 17.8 Å². The van der Waals surface area contributed by atoms with Crippen molar-refractivity contribution in [3.8, 4) is 0 Å². The Morgan fingerprint density at radius 1 is 1.09 bits per heavy atom. The number of halogens is 1. The topological polar surface area (TPSA) is 42.0 Å². The second-order valence-electron chi connectivity index (χ2n) is 5.57. The average Bonchev–Trinajstić information content (AvgIpc) is 2.87. The largest absolute Gasteiger partial charge is 0.280 e. The molecule has 0 aliphatic carbocycles. The molecule has 0 saturated carbocycles. The van der Waals surface area contributed by atoms with Gasteiger partial charge in [0, 0.05) is 6.20 Å². The van der Waals surface area contributed by atoms with Gasteiger partial charge in [0.2, 0.25) is 0 Å². The van der Waals surface area contributed by atoms with E-state index >= 15 is 0 Å². The van der Waals surface area contributed by atoms with Gasteiger partial charge in [0.25, 0.3) is 0 Å². The van der Waals surface area contributed by atoms with E-state index in [-0.39, 0.29) is 5.82 Å². The number of hydrogen-bond acceptors (Lipinski definition) is 3. The van der Waals surface area contributed by atoms with Crippen LogP contribution >= 0.6 is 0 Å². The zero-order chi connectivity index (χ0) is 16.2. The molecule has 0 unspecified atom stereocenters. The number of hydrogen-bond donors (Lipinski definition) is 0. The van der Waals surface area contributed by atoms with Crippen LogP contribution in [0.5, 0.6) is 0 Å². The second-order valence-corrected chi connectivity index (χ2v) is 5.57. The van der Waals surface area contributed by atoms with Gasteiger partial charge in [0.15, 0.2) is 5.82 Å². The molecule has 0 aliphatic rings. The number of fused-ring (bicyclic) bond motifs is 1. The fourth-order valence-electron chi connectivity index (χ4n) is 2.46. The van der Waals surface area contributed by atoms with Crippen LogP contribution in [0, 0.1) is 12.7 Å². The number of rotatable bonds is 5. The molecule has 0 N–H and O–H groups in total.